The second-order valence-corrected chi connectivity index (χ2v) is 5.55. The first-order valence-electron chi connectivity index (χ1n) is 7.77. The number of nitrogens with zero attached hydrogens (tertiary/aromatic N) is 1. The van der Waals surface area contributed by atoms with E-state index in [1.165, 1.54) is 11.8 Å². The first-order chi connectivity index (χ1) is 11.5. The number of carbonyl (C=O) groups excluding carboxylic acids is 1. The Morgan fingerprint density at radius 3 is 2.08 bits per heavy atom. The molecule has 0 bridgehead atoms. The van der Waals surface area contributed by atoms with Crippen LogP contribution in [-0.2, 0) is 16.1 Å². The van der Waals surface area contributed by atoms with Gasteiger partial charge in [0.25, 0.3) is 0 Å². The van der Waals surface area contributed by atoms with Crippen LogP contribution < -0.4 is 0 Å². The van der Waals surface area contributed by atoms with Crippen LogP contribution in [-0.4, -0.2) is 28.1 Å². The van der Waals surface area contributed by atoms with Gasteiger partial charge in [-0.05, 0) is 25.0 Å². The normalized spacial score (nSPS) is 12.9. The van der Waals surface area contributed by atoms with Gasteiger partial charge in [-0.25, -0.2) is 9.59 Å². The molecule has 1 amide bonds. The van der Waals surface area contributed by atoms with E-state index in [9.17, 15) is 14.7 Å². The van der Waals surface area contributed by atoms with Crippen LogP contribution >= 0.6 is 0 Å². The number of benzene rings is 2. The van der Waals surface area contributed by atoms with Crippen LogP contribution in [0.5, 0.6) is 0 Å². The van der Waals surface area contributed by atoms with Gasteiger partial charge in [0.2, 0.25) is 0 Å². The number of carboxylic acids is 1. The van der Waals surface area contributed by atoms with Crippen LogP contribution in [0.2, 0.25) is 0 Å². The minimum absolute atomic E-state index is 0.101. The molecule has 0 aliphatic carbocycles. The van der Waals surface area contributed by atoms with Crippen LogP contribution in [0, 0.1) is 0 Å². The summed E-state index contributed by atoms with van der Waals surface area (Å²) >= 11 is 0. The molecule has 24 heavy (non-hydrogen) atoms. The zero-order valence-electron chi connectivity index (χ0n) is 13.8. The average Bonchev–Trinajstić information content (AvgIpc) is 2.61. The van der Waals surface area contributed by atoms with Crippen molar-refractivity contribution in [2.24, 2.45) is 0 Å². The fourth-order valence-corrected chi connectivity index (χ4v) is 2.46. The number of carboxylic acid groups (broad SMARTS) is 1. The molecule has 0 fully saturated rings. The Morgan fingerprint density at radius 1 is 1.00 bits per heavy atom. The highest BCUT2D eigenvalue weighted by atomic mass is 16.6. The van der Waals surface area contributed by atoms with Crippen LogP contribution in [0.15, 0.2) is 60.7 Å². The molecule has 2 aromatic carbocycles. The first-order valence-corrected chi connectivity index (χ1v) is 7.77. The standard InChI is InChI=1S/C19H21NO4/c1-14(17-11-7-4-8-12-17)20(15(2)18(21)22)19(23)24-13-16-9-5-3-6-10-16/h3-12,14-15H,13H2,1-2H3,(H,21,22). The van der Waals surface area contributed by atoms with Gasteiger partial charge in [0, 0.05) is 0 Å². The third-order valence-electron chi connectivity index (χ3n) is 3.89. The maximum absolute atomic E-state index is 12.5. The lowest BCUT2D eigenvalue weighted by atomic mass is 10.1. The Labute approximate surface area is 141 Å². The quantitative estimate of drug-likeness (QED) is 0.875. The molecule has 0 radical (unpaired) electrons. The SMILES string of the molecule is CC(C(=O)O)N(C(=O)OCc1ccccc1)C(C)c1ccccc1. The number of carbonyl (C=O) groups is 2. The molecule has 0 saturated carbocycles. The molecule has 5 heteroatoms. The molecule has 2 atom stereocenters. The highest BCUT2D eigenvalue weighted by Gasteiger charge is 2.32. The number of amides is 1. The smallest absolute Gasteiger partial charge is 0.411 e. The Bertz CT molecular complexity index is 672. The predicted molar refractivity (Wildman–Crippen MR) is 90.4 cm³/mol. The van der Waals surface area contributed by atoms with Gasteiger partial charge >= 0.3 is 12.1 Å². The van der Waals surface area contributed by atoms with Crippen LogP contribution in [0.25, 0.3) is 0 Å². The Balaban J connectivity index is 2.16. The maximum Gasteiger partial charge on any atom is 0.411 e. The van der Waals surface area contributed by atoms with Gasteiger partial charge in [-0.15, -0.1) is 0 Å². The monoisotopic (exact) mass is 327 g/mol. The van der Waals surface area contributed by atoms with Gasteiger partial charge in [-0.1, -0.05) is 60.7 Å². The first kappa shape index (κ1) is 17.5. The highest BCUT2D eigenvalue weighted by molar-refractivity contribution is 5.80. The van der Waals surface area contributed by atoms with Crippen molar-refractivity contribution in [1.29, 1.82) is 0 Å². The van der Waals surface area contributed by atoms with E-state index in [0.717, 1.165) is 11.1 Å². The molecule has 126 valence electrons. The maximum atomic E-state index is 12.5. The number of ether oxygens (including phenoxy) is 1. The summed E-state index contributed by atoms with van der Waals surface area (Å²) in [5, 5.41) is 9.33. The van der Waals surface area contributed by atoms with Gasteiger partial charge in [-0.3, -0.25) is 4.90 Å². The van der Waals surface area contributed by atoms with Crippen molar-refractivity contribution in [3.05, 3.63) is 71.8 Å². The van der Waals surface area contributed by atoms with Gasteiger partial charge in [-0.2, -0.15) is 0 Å². The average molecular weight is 327 g/mol. The highest BCUT2D eigenvalue weighted by Crippen LogP contribution is 2.24. The Kier molecular flexibility index (Phi) is 5.95. The predicted octanol–water partition coefficient (Wildman–Crippen LogP) is 3.86. The number of aliphatic carboxylic acids is 1. The zero-order chi connectivity index (χ0) is 17.5. The summed E-state index contributed by atoms with van der Waals surface area (Å²) in [7, 11) is 0. The fourth-order valence-electron chi connectivity index (χ4n) is 2.46. The minimum atomic E-state index is -1.07. The largest absolute Gasteiger partial charge is 0.480 e. The van der Waals surface area contributed by atoms with E-state index in [1.54, 1.807) is 6.92 Å². The molecule has 0 aliphatic heterocycles. The molecule has 5 nitrogen and oxygen atoms in total. The molecule has 0 aliphatic rings. The van der Waals surface area contributed by atoms with E-state index >= 15 is 0 Å². The fraction of sp³-hybridized carbons (Fsp3) is 0.263. The molecule has 2 rings (SSSR count). The third-order valence-corrected chi connectivity index (χ3v) is 3.89. The van der Waals surface area contributed by atoms with Crippen molar-refractivity contribution in [2.75, 3.05) is 0 Å². The van der Waals surface area contributed by atoms with Crippen LogP contribution in [0.1, 0.15) is 31.0 Å². The number of hydrogen-bond acceptors (Lipinski definition) is 3. The Hall–Kier alpha value is -2.82. The summed E-state index contributed by atoms with van der Waals surface area (Å²) in [6, 6.07) is 17.2. The summed E-state index contributed by atoms with van der Waals surface area (Å²) in [6.45, 7) is 3.37. The molecular weight excluding hydrogens is 306 g/mol. The van der Waals surface area contributed by atoms with E-state index in [-0.39, 0.29) is 6.61 Å². The van der Waals surface area contributed by atoms with Crippen molar-refractivity contribution in [1.82, 2.24) is 4.90 Å². The van der Waals surface area contributed by atoms with Crippen molar-refractivity contribution in [2.45, 2.75) is 32.5 Å². The van der Waals surface area contributed by atoms with E-state index < -0.39 is 24.1 Å². The van der Waals surface area contributed by atoms with Crippen LogP contribution in [0.4, 0.5) is 4.79 Å². The van der Waals surface area contributed by atoms with Gasteiger partial charge in [0.05, 0.1) is 6.04 Å². The van der Waals surface area contributed by atoms with Gasteiger partial charge in [0.1, 0.15) is 12.6 Å². The molecule has 0 saturated heterocycles. The van der Waals surface area contributed by atoms with Gasteiger partial charge in [0.15, 0.2) is 0 Å². The van der Waals surface area contributed by atoms with Crippen molar-refractivity contribution < 1.29 is 19.4 Å². The van der Waals surface area contributed by atoms with Crippen molar-refractivity contribution in [3.8, 4) is 0 Å². The van der Waals surface area contributed by atoms with E-state index in [0.29, 0.717) is 0 Å². The molecular formula is C19H21NO4. The molecule has 0 aromatic heterocycles. The zero-order valence-corrected chi connectivity index (χ0v) is 13.8. The topological polar surface area (TPSA) is 66.8 Å². The lowest BCUT2D eigenvalue weighted by Crippen LogP contribution is -2.45. The summed E-state index contributed by atoms with van der Waals surface area (Å²) in [5.74, 6) is -1.07. The molecule has 0 heterocycles. The van der Waals surface area contributed by atoms with E-state index in [1.807, 2.05) is 60.7 Å². The lowest BCUT2D eigenvalue weighted by molar-refractivity contribution is -0.142. The molecule has 1 N–H and O–H groups in total. The summed E-state index contributed by atoms with van der Waals surface area (Å²) in [4.78, 5) is 25.2. The number of rotatable bonds is 6. The molecule has 2 aromatic rings. The second kappa shape index (κ2) is 8.15. The number of hydrogen-bond donors (Lipinski definition) is 1. The molecule has 2 unspecified atom stereocenters. The lowest BCUT2D eigenvalue weighted by Gasteiger charge is -2.31. The second-order valence-electron chi connectivity index (χ2n) is 5.55. The third kappa shape index (κ3) is 4.35. The van der Waals surface area contributed by atoms with Crippen molar-refractivity contribution >= 4 is 12.1 Å². The van der Waals surface area contributed by atoms with Crippen molar-refractivity contribution in [3.63, 3.8) is 0 Å². The summed E-state index contributed by atoms with van der Waals surface area (Å²) < 4.78 is 5.33. The summed E-state index contributed by atoms with van der Waals surface area (Å²) in [6.07, 6.45) is -0.648. The summed E-state index contributed by atoms with van der Waals surface area (Å²) in [5.41, 5.74) is 1.70. The van der Waals surface area contributed by atoms with Crippen LogP contribution in [0.3, 0.4) is 0 Å². The molecule has 0 spiro atoms. The van der Waals surface area contributed by atoms with E-state index in [2.05, 4.69) is 0 Å². The minimum Gasteiger partial charge on any atom is -0.480 e. The van der Waals surface area contributed by atoms with E-state index in [4.69, 9.17) is 4.74 Å². The van der Waals surface area contributed by atoms with Gasteiger partial charge < -0.3 is 9.84 Å². The Morgan fingerprint density at radius 2 is 1.54 bits per heavy atom.